The maximum Gasteiger partial charge on any atom is 0.308 e. The largest absolute Gasteiger partial charge is 0.493 e. The second kappa shape index (κ2) is 13.5. The van der Waals surface area contributed by atoms with Crippen LogP contribution in [0.5, 0.6) is 28.7 Å². The molecular weight excluding hydrogens is 542 g/mol. The molecule has 3 aliphatic heterocycles. The monoisotopic (exact) mass is 583 g/mol. The maximum absolute atomic E-state index is 13.7. The fourth-order valence-corrected chi connectivity index (χ4v) is 6.31. The number of aryl methyl sites for hydroxylation is 1. The smallest absolute Gasteiger partial charge is 0.308 e. The number of carboxylic acids is 1. The fraction of sp³-hybridized carbons (Fsp3) is 0.548. The van der Waals surface area contributed by atoms with Gasteiger partial charge < -0.3 is 39.4 Å². The summed E-state index contributed by atoms with van der Waals surface area (Å²) < 4.78 is 28.0. The summed E-state index contributed by atoms with van der Waals surface area (Å²) in [5.41, 5.74) is 7.50. The molecule has 11 heteroatoms. The molecule has 2 aromatic rings. The van der Waals surface area contributed by atoms with Gasteiger partial charge in [0.25, 0.3) is 0 Å². The molecule has 3 unspecified atom stereocenters. The molecule has 228 valence electrons. The number of benzene rings is 2. The van der Waals surface area contributed by atoms with Gasteiger partial charge in [-0.15, -0.1) is 0 Å². The molecule has 0 aromatic heterocycles. The second-order valence-electron chi connectivity index (χ2n) is 11.0. The van der Waals surface area contributed by atoms with Crippen molar-refractivity contribution in [2.75, 3.05) is 53.4 Å². The van der Waals surface area contributed by atoms with Gasteiger partial charge in [0.15, 0.2) is 23.0 Å². The number of para-hydroxylation sites is 1. The Morgan fingerprint density at radius 1 is 1.07 bits per heavy atom. The van der Waals surface area contributed by atoms with Crippen molar-refractivity contribution in [3.63, 3.8) is 0 Å². The second-order valence-corrected chi connectivity index (χ2v) is 11.0. The van der Waals surface area contributed by atoms with Gasteiger partial charge in [0, 0.05) is 31.6 Å². The molecule has 2 aromatic carbocycles. The van der Waals surface area contributed by atoms with Gasteiger partial charge in [0.05, 0.1) is 19.6 Å². The number of hydrogen-bond acceptors (Lipinski definition) is 9. The highest BCUT2D eigenvalue weighted by atomic mass is 16.7. The molecule has 5 rings (SSSR count). The molecule has 1 amide bonds. The molecule has 3 atom stereocenters. The lowest BCUT2D eigenvalue weighted by Gasteiger charge is -2.30. The third-order valence-corrected chi connectivity index (χ3v) is 8.43. The number of aliphatic carboxylic acids is 1. The summed E-state index contributed by atoms with van der Waals surface area (Å²) >= 11 is 0. The van der Waals surface area contributed by atoms with E-state index in [0.717, 1.165) is 30.4 Å². The molecule has 42 heavy (non-hydrogen) atoms. The Bertz CT molecular complexity index is 1260. The minimum Gasteiger partial charge on any atom is -0.493 e. The van der Waals surface area contributed by atoms with Gasteiger partial charge in [-0.1, -0.05) is 25.5 Å². The average Bonchev–Trinajstić information content (AvgIpc) is 3.74. The van der Waals surface area contributed by atoms with E-state index in [1.54, 1.807) is 7.11 Å². The van der Waals surface area contributed by atoms with Crippen molar-refractivity contribution in [2.24, 2.45) is 11.7 Å². The van der Waals surface area contributed by atoms with Crippen LogP contribution in [0.15, 0.2) is 30.3 Å². The minimum absolute atomic E-state index is 0.00714. The first-order valence-corrected chi connectivity index (χ1v) is 14.7. The highest BCUT2D eigenvalue weighted by molar-refractivity contribution is 5.79. The van der Waals surface area contributed by atoms with Gasteiger partial charge in [-0.25, -0.2) is 0 Å². The third-order valence-electron chi connectivity index (χ3n) is 8.43. The molecule has 1 saturated heterocycles. The Kier molecular flexibility index (Phi) is 9.58. The van der Waals surface area contributed by atoms with E-state index in [1.807, 2.05) is 40.1 Å². The first-order chi connectivity index (χ1) is 20.4. The zero-order valence-corrected chi connectivity index (χ0v) is 24.4. The minimum atomic E-state index is -0.902. The van der Waals surface area contributed by atoms with Crippen molar-refractivity contribution in [3.8, 4) is 28.7 Å². The summed E-state index contributed by atoms with van der Waals surface area (Å²) in [6.45, 7) is 4.63. The van der Waals surface area contributed by atoms with Crippen LogP contribution in [0.3, 0.4) is 0 Å². The number of carboxylic acid groups (broad SMARTS) is 1. The van der Waals surface area contributed by atoms with Crippen LogP contribution in [0.25, 0.3) is 0 Å². The summed E-state index contributed by atoms with van der Waals surface area (Å²) in [5.74, 6) is 0.882. The SMILES string of the molecule is CCCCN(CCCN)C(=O)CN1CC(c2cc(OC)c3c(c2)OCO3)C(C(=O)O)C1CCc1cccc2c1OCO2. The lowest BCUT2D eigenvalue weighted by molar-refractivity contribution is -0.143. The lowest BCUT2D eigenvalue weighted by atomic mass is 9.83. The predicted molar refractivity (Wildman–Crippen MR) is 154 cm³/mol. The average molecular weight is 584 g/mol. The zero-order chi connectivity index (χ0) is 29.6. The Hall–Kier alpha value is -3.70. The number of likely N-dealkylation sites (tertiary alicyclic amines) is 1. The molecule has 11 nitrogen and oxygen atoms in total. The molecule has 3 heterocycles. The van der Waals surface area contributed by atoms with Crippen molar-refractivity contribution in [1.29, 1.82) is 0 Å². The molecule has 0 spiro atoms. The van der Waals surface area contributed by atoms with Gasteiger partial charge in [0.1, 0.15) is 0 Å². The van der Waals surface area contributed by atoms with E-state index in [2.05, 4.69) is 6.92 Å². The van der Waals surface area contributed by atoms with Crippen LogP contribution < -0.4 is 29.4 Å². The van der Waals surface area contributed by atoms with Crippen LogP contribution in [0.1, 0.15) is 49.7 Å². The first kappa shape index (κ1) is 29.8. The highest BCUT2D eigenvalue weighted by Crippen LogP contribution is 2.47. The number of carbonyl (C=O) groups excluding carboxylic acids is 1. The Morgan fingerprint density at radius 2 is 1.83 bits per heavy atom. The molecule has 3 N–H and O–H groups in total. The number of carbonyl (C=O) groups is 2. The number of methoxy groups -OCH3 is 1. The Morgan fingerprint density at radius 3 is 2.57 bits per heavy atom. The molecule has 0 radical (unpaired) electrons. The van der Waals surface area contributed by atoms with E-state index >= 15 is 0 Å². The molecule has 3 aliphatic rings. The number of amides is 1. The molecule has 0 aliphatic carbocycles. The van der Waals surface area contributed by atoms with Crippen LogP contribution in [0, 0.1) is 5.92 Å². The van der Waals surface area contributed by atoms with Gasteiger partial charge in [-0.2, -0.15) is 0 Å². The first-order valence-electron chi connectivity index (χ1n) is 14.7. The van der Waals surface area contributed by atoms with Gasteiger partial charge in [-0.05, 0) is 61.6 Å². The molecular formula is C31H41N3O8. The van der Waals surface area contributed by atoms with Crippen LogP contribution in [0.2, 0.25) is 0 Å². The number of ether oxygens (including phenoxy) is 5. The quantitative estimate of drug-likeness (QED) is 0.342. The topological polar surface area (TPSA) is 133 Å². The van der Waals surface area contributed by atoms with Gasteiger partial charge in [-0.3, -0.25) is 14.5 Å². The van der Waals surface area contributed by atoms with E-state index in [0.29, 0.717) is 67.8 Å². The lowest BCUT2D eigenvalue weighted by Crippen LogP contribution is -2.45. The van der Waals surface area contributed by atoms with Gasteiger partial charge in [0.2, 0.25) is 25.2 Å². The maximum atomic E-state index is 13.7. The normalized spacial score (nSPS) is 20.6. The number of unbranched alkanes of at least 4 members (excludes halogenated alkanes) is 1. The molecule has 0 saturated carbocycles. The number of fused-ring (bicyclic) bond motifs is 2. The fourth-order valence-electron chi connectivity index (χ4n) is 6.31. The molecule has 0 bridgehead atoms. The standard InChI is InChI=1S/C31H41N3O8/c1-3-4-12-33(13-6-11-32)27(35)17-34-16-22(21-14-25(38-2)30-26(15-21)40-19-42-30)28(31(36)37)23(34)10-9-20-7-5-8-24-29(20)41-18-39-24/h5,7-8,14-15,22-23,28H,3-4,6,9-13,16-19,32H2,1-2H3,(H,36,37). The zero-order valence-electron chi connectivity index (χ0n) is 24.4. The van der Waals surface area contributed by atoms with Crippen molar-refractivity contribution >= 4 is 11.9 Å². The highest BCUT2D eigenvalue weighted by Gasteiger charge is 2.47. The number of hydrogen-bond donors (Lipinski definition) is 2. The van der Waals surface area contributed by atoms with Crippen molar-refractivity contribution < 1.29 is 38.4 Å². The van der Waals surface area contributed by atoms with Crippen molar-refractivity contribution in [3.05, 3.63) is 41.5 Å². The summed E-state index contributed by atoms with van der Waals surface area (Å²) in [4.78, 5) is 30.5. The Balaban J connectivity index is 1.45. The molecule has 1 fully saturated rings. The Labute approximate surface area is 246 Å². The van der Waals surface area contributed by atoms with E-state index in [9.17, 15) is 14.7 Å². The van der Waals surface area contributed by atoms with E-state index in [-0.39, 0.29) is 26.0 Å². The van der Waals surface area contributed by atoms with Crippen LogP contribution >= 0.6 is 0 Å². The van der Waals surface area contributed by atoms with E-state index < -0.39 is 23.8 Å². The van der Waals surface area contributed by atoms with Crippen LogP contribution in [0.4, 0.5) is 0 Å². The van der Waals surface area contributed by atoms with E-state index in [1.165, 1.54) is 0 Å². The summed E-state index contributed by atoms with van der Waals surface area (Å²) in [6, 6.07) is 9.04. The third kappa shape index (κ3) is 6.22. The van der Waals surface area contributed by atoms with Crippen molar-refractivity contribution in [1.82, 2.24) is 9.80 Å². The van der Waals surface area contributed by atoms with Crippen molar-refractivity contribution in [2.45, 2.75) is 51.0 Å². The summed E-state index contributed by atoms with van der Waals surface area (Å²) in [7, 11) is 1.55. The predicted octanol–water partition coefficient (Wildman–Crippen LogP) is 3.23. The summed E-state index contributed by atoms with van der Waals surface area (Å²) in [5, 5.41) is 10.6. The van der Waals surface area contributed by atoms with Crippen LogP contribution in [-0.2, 0) is 16.0 Å². The van der Waals surface area contributed by atoms with Crippen LogP contribution in [-0.4, -0.2) is 86.2 Å². The number of nitrogens with two attached hydrogens (primary N) is 1. The number of nitrogens with zero attached hydrogens (tertiary/aromatic N) is 2. The van der Waals surface area contributed by atoms with E-state index in [4.69, 9.17) is 29.4 Å². The van der Waals surface area contributed by atoms with Gasteiger partial charge >= 0.3 is 5.97 Å². The summed E-state index contributed by atoms with van der Waals surface area (Å²) in [6.07, 6.45) is 3.70. The number of rotatable bonds is 14.